The van der Waals surface area contributed by atoms with Crippen LogP contribution in [0.15, 0.2) is 28.5 Å². The highest BCUT2D eigenvalue weighted by atomic mass is 16.8. The van der Waals surface area contributed by atoms with Gasteiger partial charge < -0.3 is 0 Å². The average Bonchev–Trinajstić information content (AvgIpc) is 2.42. The molecular weight excluding hydrogens is 152 g/mol. The number of hydrogen-bond acceptors (Lipinski definition) is 3. The van der Waals surface area contributed by atoms with Crippen LogP contribution in [0.2, 0.25) is 0 Å². The minimum atomic E-state index is 0.231. The molecule has 0 spiro atoms. The zero-order valence-electron chi connectivity index (χ0n) is 7.53. The van der Waals surface area contributed by atoms with Crippen molar-refractivity contribution in [1.82, 2.24) is 5.06 Å². The van der Waals surface area contributed by atoms with Gasteiger partial charge in [0.1, 0.15) is 11.8 Å². The van der Waals surface area contributed by atoms with Crippen molar-refractivity contribution in [1.29, 1.82) is 0 Å². The molecule has 1 heterocycles. The first-order chi connectivity index (χ1) is 5.70. The van der Waals surface area contributed by atoms with Crippen LogP contribution in [-0.4, -0.2) is 23.9 Å². The molecule has 2 rings (SSSR count). The van der Waals surface area contributed by atoms with Gasteiger partial charge in [0.2, 0.25) is 0 Å². The molecule has 0 saturated carbocycles. The van der Waals surface area contributed by atoms with Crippen LogP contribution in [0.5, 0.6) is 0 Å². The smallest absolute Gasteiger partial charge is 0.115 e. The molecule has 0 aromatic rings. The monoisotopic (exact) mass is 164 g/mol. The van der Waals surface area contributed by atoms with Crippen LogP contribution in [0, 0.1) is 0 Å². The van der Waals surface area contributed by atoms with Gasteiger partial charge in [-0.2, -0.15) is 0 Å². The van der Waals surface area contributed by atoms with E-state index in [1.54, 1.807) is 5.06 Å². The zero-order chi connectivity index (χ0) is 8.72. The van der Waals surface area contributed by atoms with Crippen LogP contribution in [-0.2, 0) is 4.94 Å². The van der Waals surface area contributed by atoms with Gasteiger partial charge in [-0.05, 0) is 25.0 Å². The summed E-state index contributed by atoms with van der Waals surface area (Å²) in [7, 11) is 1.90. The lowest BCUT2D eigenvalue weighted by Gasteiger charge is -2.20. The minimum absolute atomic E-state index is 0.231. The summed E-state index contributed by atoms with van der Waals surface area (Å²) < 4.78 is 0. The third kappa shape index (κ3) is 0.898. The normalized spacial score (nSPS) is 28.6. The third-order valence-electron chi connectivity index (χ3n) is 2.32. The van der Waals surface area contributed by atoms with Gasteiger partial charge in [0, 0.05) is 7.05 Å². The first-order valence-electron chi connectivity index (χ1n) is 4.03. The second kappa shape index (κ2) is 2.45. The Hall–Kier alpha value is -1.09. The quantitative estimate of drug-likeness (QED) is 0.542. The van der Waals surface area contributed by atoms with Crippen LogP contribution in [0.1, 0.15) is 13.8 Å². The Bertz CT molecular complexity index is 302. The summed E-state index contributed by atoms with van der Waals surface area (Å²) in [5.74, 6) is 0. The van der Waals surface area contributed by atoms with E-state index in [1.165, 1.54) is 11.1 Å². The number of rotatable bonds is 0. The topological polar surface area (TPSA) is 24.8 Å². The first-order valence-corrected chi connectivity index (χ1v) is 4.03. The molecule has 3 heteroatoms. The maximum Gasteiger partial charge on any atom is 0.115 e. The Kier molecular flexibility index (Phi) is 1.54. The molecule has 12 heavy (non-hydrogen) atoms. The van der Waals surface area contributed by atoms with E-state index in [1.807, 2.05) is 7.05 Å². The molecule has 1 unspecified atom stereocenters. The summed E-state index contributed by atoms with van der Waals surface area (Å²) in [6, 6.07) is 0.231. The Morgan fingerprint density at radius 1 is 1.42 bits per heavy atom. The number of allylic oxidation sites excluding steroid dienone is 2. The van der Waals surface area contributed by atoms with E-state index in [2.05, 4.69) is 31.2 Å². The maximum absolute atomic E-state index is 5.08. The van der Waals surface area contributed by atoms with Gasteiger partial charge in [0.25, 0.3) is 0 Å². The Labute approximate surface area is 71.9 Å². The molecule has 0 saturated heterocycles. The number of nitrogens with zero attached hydrogens (tertiary/aromatic N) is 2. The van der Waals surface area contributed by atoms with E-state index in [0.717, 1.165) is 5.71 Å². The van der Waals surface area contributed by atoms with E-state index in [0.29, 0.717) is 0 Å². The van der Waals surface area contributed by atoms with Crippen LogP contribution in [0.3, 0.4) is 0 Å². The van der Waals surface area contributed by atoms with Crippen molar-refractivity contribution >= 4 is 5.71 Å². The number of oxime groups is 1. The van der Waals surface area contributed by atoms with Gasteiger partial charge in [0.15, 0.2) is 0 Å². The Morgan fingerprint density at radius 3 is 2.83 bits per heavy atom. The Morgan fingerprint density at radius 2 is 2.17 bits per heavy atom. The summed E-state index contributed by atoms with van der Waals surface area (Å²) in [6.45, 7) is 4.14. The highest BCUT2D eigenvalue weighted by Crippen LogP contribution is 2.25. The second-order valence-corrected chi connectivity index (χ2v) is 3.27. The maximum atomic E-state index is 5.08. The van der Waals surface area contributed by atoms with Crippen molar-refractivity contribution < 1.29 is 4.94 Å². The summed E-state index contributed by atoms with van der Waals surface area (Å²) in [4.78, 5) is 5.08. The lowest BCUT2D eigenvalue weighted by molar-refractivity contribution is -0.125. The van der Waals surface area contributed by atoms with Crippen molar-refractivity contribution in [3.05, 3.63) is 23.3 Å². The van der Waals surface area contributed by atoms with Crippen LogP contribution < -0.4 is 0 Å². The highest BCUT2D eigenvalue weighted by molar-refractivity contribution is 6.06. The summed E-state index contributed by atoms with van der Waals surface area (Å²) >= 11 is 0. The lowest BCUT2D eigenvalue weighted by Crippen LogP contribution is -2.34. The van der Waals surface area contributed by atoms with Crippen molar-refractivity contribution in [2.75, 3.05) is 7.05 Å². The number of hydroxylamine groups is 2. The summed E-state index contributed by atoms with van der Waals surface area (Å²) in [5.41, 5.74) is 3.51. The Balaban J connectivity index is 2.42. The van der Waals surface area contributed by atoms with Crippen LogP contribution in [0.25, 0.3) is 0 Å². The van der Waals surface area contributed by atoms with Crippen molar-refractivity contribution in [2.45, 2.75) is 19.9 Å². The van der Waals surface area contributed by atoms with Crippen molar-refractivity contribution in [3.63, 3.8) is 0 Å². The molecule has 1 atom stereocenters. The minimum Gasteiger partial charge on any atom is -0.296 e. The van der Waals surface area contributed by atoms with E-state index in [-0.39, 0.29) is 6.04 Å². The van der Waals surface area contributed by atoms with E-state index in [9.17, 15) is 0 Å². The van der Waals surface area contributed by atoms with E-state index in [4.69, 9.17) is 4.94 Å². The van der Waals surface area contributed by atoms with Gasteiger partial charge in [-0.15, -0.1) is 5.06 Å². The van der Waals surface area contributed by atoms with Gasteiger partial charge in [-0.25, -0.2) is 0 Å². The number of likely N-dealkylation sites (N-methyl/N-ethyl adjacent to an activating group) is 1. The largest absolute Gasteiger partial charge is 0.296 e. The standard InChI is InChI=1S/C9H12N2O/c1-6-4-5-7(2)9-8(6)10-12-11(9)3/h4-5,9H,1-3H3. The predicted octanol–water partition coefficient (Wildman–Crippen LogP) is 1.49. The SMILES string of the molecule is CC1=CC=C(C)C2C1=NON2C. The number of fused-ring (bicyclic) bond motifs is 1. The van der Waals surface area contributed by atoms with Crippen molar-refractivity contribution in [2.24, 2.45) is 5.16 Å². The molecule has 0 aromatic carbocycles. The molecule has 0 aromatic heterocycles. The molecule has 64 valence electrons. The fourth-order valence-corrected chi connectivity index (χ4v) is 1.60. The molecule has 2 aliphatic rings. The van der Waals surface area contributed by atoms with Gasteiger partial charge in [0.05, 0.1) is 0 Å². The fraction of sp³-hybridized carbons (Fsp3) is 0.444. The molecule has 0 bridgehead atoms. The lowest BCUT2D eigenvalue weighted by atomic mass is 9.93. The first kappa shape index (κ1) is 7.55. The molecule has 1 aliphatic heterocycles. The van der Waals surface area contributed by atoms with Gasteiger partial charge >= 0.3 is 0 Å². The molecule has 0 radical (unpaired) electrons. The fourth-order valence-electron chi connectivity index (χ4n) is 1.60. The van der Waals surface area contributed by atoms with E-state index >= 15 is 0 Å². The van der Waals surface area contributed by atoms with Gasteiger partial charge in [-0.1, -0.05) is 17.3 Å². The average molecular weight is 164 g/mol. The molecule has 1 aliphatic carbocycles. The highest BCUT2D eigenvalue weighted by Gasteiger charge is 2.32. The van der Waals surface area contributed by atoms with Crippen molar-refractivity contribution in [3.8, 4) is 0 Å². The summed E-state index contributed by atoms with van der Waals surface area (Å²) in [5, 5.41) is 5.78. The third-order valence-corrected chi connectivity index (χ3v) is 2.32. The predicted molar refractivity (Wildman–Crippen MR) is 47.6 cm³/mol. The van der Waals surface area contributed by atoms with Crippen LogP contribution in [0.4, 0.5) is 0 Å². The molecular formula is C9H12N2O. The zero-order valence-corrected chi connectivity index (χ0v) is 7.53. The molecule has 0 N–H and O–H groups in total. The molecule has 0 fully saturated rings. The molecule has 0 amide bonds. The number of hydrogen-bond donors (Lipinski definition) is 0. The van der Waals surface area contributed by atoms with Gasteiger partial charge in [-0.3, -0.25) is 4.94 Å². The van der Waals surface area contributed by atoms with E-state index < -0.39 is 0 Å². The second-order valence-electron chi connectivity index (χ2n) is 3.27. The van der Waals surface area contributed by atoms with Crippen LogP contribution >= 0.6 is 0 Å². The summed E-state index contributed by atoms with van der Waals surface area (Å²) in [6.07, 6.45) is 4.19. The molecule has 3 nitrogen and oxygen atoms in total.